The Labute approximate surface area is 127 Å². The molecule has 5 nitrogen and oxygen atoms in total. The summed E-state index contributed by atoms with van der Waals surface area (Å²) in [4.78, 5) is 12.4. The van der Waals surface area contributed by atoms with E-state index in [1.54, 1.807) is 12.1 Å². The molecule has 0 aliphatic carbocycles. The summed E-state index contributed by atoms with van der Waals surface area (Å²) in [5, 5.41) is 21.3. The molecule has 0 bridgehead atoms. The highest BCUT2D eigenvalue weighted by Gasteiger charge is 2.09. The fourth-order valence-corrected chi connectivity index (χ4v) is 1.94. The smallest absolute Gasteiger partial charge is 0.255 e. The molecule has 0 aliphatic rings. The summed E-state index contributed by atoms with van der Waals surface area (Å²) in [7, 11) is 0. The van der Waals surface area contributed by atoms with E-state index in [2.05, 4.69) is 5.32 Å². The molecule has 21 heavy (non-hydrogen) atoms. The van der Waals surface area contributed by atoms with Gasteiger partial charge in [-0.1, -0.05) is 24.4 Å². The molecule has 0 heterocycles. The predicted molar refractivity (Wildman–Crippen MR) is 84.7 cm³/mol. The summed E-state index contributed by atoms with van der Waals surface area (Å²) in [5.74, 6) is -0.990. The minimum atomic E-state index is -0.382. The largest absolute Gasteiger partial charge is 0.504 e. The predicted octanol–water partition coefficient (Wildman–Crippen LogP) is 2.18. The first-order valence-electron chi connectivity index (χ1n) is 6.16. The molecule has 2 aromatic rings. The fraction of sp³-hybridized carbons (Fsp3) is 0.0667. The van der Waals surface area contributed by atoms with Crippen molar-refractivity contribution >= 4 is 28.8 Å². The van der Waals surface area contributed by atoms with Crippen molar-refractivity contribution in [3.63, 3.8) is 0 Å². The fourth-order valence-electron chi connectivity index (χ4n) is 1.78. The number of amides is 1. The summed E-state index contributed by atoms with van der Waals surface area (Å²) in [6, 6.07) is 11.0. The van der Waals surface area contributed by atoms with Gasteiger partial charge in [-0.2, -0.15) is 0 Å². The molecule has 0 spiro atoms. The highest BCUT2D eigenvalue weighted by molar-refractivity contribution is 7.80. The van der Waals surface area contributed by atoms with E-state index in [9.17, 15) is 15.0 Å². The van der Waals surface area contributed by atoms with E-state index in [1.165, 1.54) is 18.2 Å². The molecule has 0 atom stereocenters. The van der Waals surface area contributed by atoms with Gasteiger partial charge in [-0.15, -0.1) is 0 Å². The standard InChI is InChI=1S/C15H14N2O3S/c16-14(21)7-9-1-4-11(5-2-9)17-15(20)10-3-6-12(18)13(19)8-10/h1-6,8,18-19H,7H2,(H2,16,21)(H,17,20). The number of nitrogens with one attached hydrogen (secondary N) is 1. The maximum Gasteiger partial charge on any atom is 0.255 e. The van der Waals surface area contributed by atoms with Gasteiger partial charge < -0.3 is 21.3 Å². The first kappa shape index (κ1) is 14.8. The molecule has 6 heteroatoms. The van der Waals surface area contributed by atoms with Gasteiger partial charge in [0, 0.05) is 17.7 Å². The van der Waals surface area contributed by atoms with E-state index in [0.717, 1.165) is 5.56 Å². The van der Waals surface area contributed by atoms with E-state index < -0.39 is 0 Å². The van der Waals surface area contributed by atoms with Crippen molar-refractivity contribution in [2.24, 2.45) is 5.73 Å². The molecule has 0 aliphatic heterocycles. The summed E-state index contributed by atoms with van der Waals surface area (Å²) < 4.78 is 0. The number of nitrogens with two attached hydrogens (primary N) is 1. The number of anilines is 1. The molecule has 0 radical (unpaired) electrons. The third-order valence-electron chi connectivity index (χ3n) is 2.83. The number of carbonyl (C=O) groups excluding carboxylic acids is 1. The van der Waals surface area contributed by atoms with Crippen LogP contribution in [0.3, 0.4) is 0 Å². The van der Waals surface area contributed by atoms with Crippen molar-refractivity contribution in [1.29, 1.82) is 0 Å². The highest BCUT2D eigenvalue weighted by Crippen LogP contribution is 2.25. The molecule has 0 saturated heterocycles. The minimum absolute atomic E-state index is 0.248. The second-order valence-electron chi connectivity index (χ2n) is 4.50. The Kier molecular flexibility index (Phi) is 4.39. The number of hydrogen-bond acceptors (Lipinski definition) is 4. The quantitative estimate of drug-likeness (QED) is 0.513. The summed E-state index contributed by atoms with van der Waals surface area (Å²) >= 11 is 4.83. The van der Waals surface area contributed by atoms with Crippen molar-refractivity contribution in [2.75, 3.05) is 5.32 Å². The van der Waals surface area contributed by atoms with Crippen LogP contribution < -0.4 is 11.1 Å². The average Bonchev–Trinajstić information content (AvgIpc) is 2.43. The van der Waals surface area contributed by atoms with Crippen molar-refractivity contribution in [2.45, 2.75) is 6.42 Å². The summed E-state index contributed by atoms with van der Waals surface area (Å²) in [5.41, 5.74) is 7.28. The SMILES string of the molecule is NC(=S)Cc1ccc(NC(=O)c2ccc(O)c(O)c2)cc1. The van der Waals surface area contributed by atoms with Crippen LogP contribution in [0.1, 0.15) is 15.9 Å². The van der Waals surface area contributed by atoms with Crippen LogP contribution in [0.2, 0.25) is 0 Å². The molecular weight excluding hydrogens is 288 g/mol. The Balaban J connectivity index is 2.08. The van der Waals surface area contributed by atoms with E-state index in [1.807, 2.05) is 12.1 Å². The Hall–Kier alpha value is -2.60. The molecule has 5 N–H and O–H groups in total. The van der Waals surface area contributed by atoms with Gasteiger partial charge in [-0.25, -0.2) is 0 Å². The Bertz CT molecular complexity index is 684. The molecular formula is C15H14N2O3S. The molecule has 0 saturated carbocycles. The second-order valence-corrected chi connectivity index (χ2v) is 5.02. The van der Waals surface area contributed by atoms with Crippen LogP contribution in [0.5, 0.6) is 11.5 Å². The second kappa shape index (κ2) is 6.23. The molecule has 1 amide bonds. The van der Waals surface area contributed by atoms with Crippen LogP contribution in [-0.2, 0) is 6.42 Å². The van der Waals surface area contributed by atoms with Crippen LogP contribution in [0.25, 0.3) is 0 Å². The van der Waals surface area contributed by atoms with Crippen molar-refractivity contribution < 1.29 is 15.0 Å². The van der Waals surface area contributed by atoms with E-state index >= 15 is 0 Å². The Morgan fingerprint density at radius 2 is 1.76 bits per heavy atom. The summed E-state index contributed by atoms with van der Waals surface area (Å²) in [6.07, 6.45) is 0.509. The molecule has 0 fully saturated rings. The van der Waals surface area contributed by atoms with Crippen LogP contribution >= 0.6 is 12.2 Å². The van der Waals surface area contributed by atoms with Crippen molar-refractivity contribution in [3.8, 4) is 11.5 Å². The normalized spacial score (nSPS) is 10.1. The molecule has 108 valence electrons. The van der Waals surface area contributed by atoms with Gasteiger partial charge in [-0.3, -0.25) is 4.79 Å². The maximum atomic E-state index is 12.0. The third kappa shape index (κ3) is 3.93. The van der Waals surface area contributed by atoms with Gasteiger partial charge in [0.2, 0.25) is 0 Å². The molecule has 0 aromatic heterocycles. The maximum absolute atomic E-state index is 12.0. The summed E-state index contributed by atoms with van der Waals surface area (Å²) in [6.45, 7) is 0. The van der Waals surface area contributed by atoms with Gasteiger partial charge in [0.1, 0.15) is 0 Å². The van der Waals surface area contributed by atoms with E-state index in [0.29, 0.717) is 17.1 Å². The Morgan fingerprint density at radius 1 is 1.10 bits per heavy atom. The number of phenolic OH excluding ortho intramolecular Hbond substituents is 2. The number of aromatic hydroxyl groups is 2. The van der Waals surface area contributed by atoms with Gasteiger partial charge >= 0.3 is 0 Å². The van der Waals surface area contributed by atoms with Gasteiger partial charge in [0.05, 0.1) is 4.99 Å². The monoisotopic (exact) mass is 302 g/mol. The number of benzene rings is 2. The minimum Gasteiger partial charge on any atom is -0.504 e. The lowest BCUT2D eigenvalue weighted by molar-refractivity contribution is 0.102. The van der Waals surface area contributed by atoms with E-state index in [-0.39, 0.29) is 23.0 Å². The number of rotatable bonds is 4. The lowest BCUT2D eigenvalue weighted by Crippen LogP contribution is -2.12. The van der Waals surface area contributed by atoms with Gasteiger partial charge in [0.25, 0.3) is 5.91 Å². The van der Waals surface area contributed by atoms with E-state index in [4.69, 9.17) is 18.0 Å². The average molecular weight is 302 g/mol. The lowest BCUT2D eigenvalue weighted by atomic mass is 10.1. The van der Waals surface area contributed by atoms with Crippen LogP contribution in [0, 0.1) is 0 Å². The first-order chi connectivity index (χ1) is 9.95. The number of thiocarbonyl (C=S) groups is 1. The van der Waals surface area contributed by atoms with Crippen molar-refractivity contribution in [3.05, 3.63) is 53.6 Å². The number of carbonyl (C=O) groups is 1. The molecule has 0 unspecified atom stereocenters. The topological polar surface area (TPSA) is 95.6 Å². The zero-order valence-corrected chi connectivity index (χ0v) is 11.9. The highest BCUT2D eigenvalue weighted by atomic mass is 32.1. The van der Waals surface area contributed by atoms with Crippen molar-refractivity contribution in [1.82, 2.24) is 0 Å². The Morgan fingerprint density at radius 3 is 2.33 bits per heavy atom. The number of phenols is 2. The molecule has 2 aromatic carbocycles. The lowest BCUT2D eigenvalue weighted by Gasteiger charge is -2.07. The number of hydrogen-bond donors (Lipinski definition) is 4. The zero-order chi connectivity index (χ0) is 15.4. The first-order valence-corrected chi connectivity index (χ1v) is 6.57. The van der Waals surface area contributed by atoms with Crippen LogP contribution in [0.15, 0.2) is 42.5 Å². The van der Waals surface area contributed by atoms with Crippen LogP contribution in [-0.4, -0.2) is 21.1 Å². The van der Waals surface area contributed by atoms with Gasteiger partial charge in [-0.05, 0) is 35.9 Å². The molecule has 2 rings (SSSR count). The van der Waals surface area contributed by atoms with Crippen LogP contribution in [0.4, 0.5) is 5.69 Å². The zero-order valence-electron chi connectivity index (χ0n) is 11.0. The van der Waals surface area contributed by atoms with Gasteiger partial charge in [0.15, 0.2) is 11.5 Å². The third-order valence-corrected chi connectivity index (χ3v) is 2.97.